The molecule has 3 aliphatic rings. The van der Waals surface area contributed by atoms with Crippen molar-refractivity contribution >= 4 is 0 Å². The average Bonchev–Trinajstić information content (AvgIpc) is 2.83. The van der Waals surface area contributed by atoms with E-state index in [1.54, 1.807) is 0 Å². The highest BCUT2D eigenvalue weighted by molar-refractivity contribution is 4.96. The molecule has 11 N–H and O–H groups in total. The zero-order chi connectivity index (χ0) is 25.3. The minimum absolute atomic E-state index is 0.741. The van der Waals surface area contributed by atoms with Crippen molar-refractivity contribution in [2.75, 3.05) is 19.8 Å². The van der Waals surface area contributed by atoms with E-state index in [0.29, 0.717) is 0 Å². The normalized spacial score (nSPS) is 52.5. The Morgan fingerprint density at radius 1 is 0.441 bits per heavy atom. The lowest BCUT2D eigenvalue weighted by Crippen LogP contribution is -2.66. The van der Waals surface area contributed by atoms with E-state index in [4.69, 9.17) is 23.7 Å². The predicted octanol–water partition coefficient (Wildman–Crippen LogP) is -7.57. The summed E-state index contributed by atoms with van der Waals surface area (Å²) in [7, 11) is 0. The molecule has 16 heteroatoms. The van der Waals surface area contributed by atoms with Gasteiger partial charge in [-0.3, -0.25) is 0 Å². The number of aliphatic hydroxyl groups is 11. The highest BCUT2D eigenvalue weighted by Gasteiger charge is 2.53. The second kappa shape index (κ2) is 11.6. The van der Waals surface area contributed by atoms with Crippen molar-refractivity contribution in [1.82, 2.24) is 0 Å². The Hall–Kier alpha value is -0.640. The highest BCUT2D eigenvalue weighted by atomic mass is 16.8. The van der Waals surface area contributed by atoms with Gasteiger partial charge in [-0.25, -0.2) is 0 Å². The summed E-state index contributed by atoms with van der Waals surface area (Å²) in [5, 5.41) is 109. The summed E-state index contributed by atoms with van der Waals surface area (Å²) in [6.45, 7) is -2.32. The number of aliphatic hydroxyl groups excluding tert-OH is 11. The Balaban J connectivity index is 1.72. The van der Waals surface area contributed by atoms with Gasteiger partial charge in [0.1, 0.15) is 73.2 Å². The first-order chi connectivity index (χ1) is 16.0. The smallest absolute Gasteiger partial charge is 0.187 e. The van der Waals surface area contributed by atoms with Crippen molar-refractivity contribution in [2.24, 2.45) is 0 Å². The molecular weight excluding hydrogens is 472 g/mol. The van der Waals surface area contributed by atoms with Crippen molar-refractivity contribution in [3.63, 3.8) is 0 Å². The molecule has 34 heavy (non-hydrogen) atoms. The first kappa shape index (κ1) is 27.9. The summed E-state index contributed by atoms with van der Waals surface area (Å²) in [6, 6.07) is 0. The van der Waals surface area contributed by atoms with Gasteiger partial charge in [-0.05, 0) is 0 Å². The summed E-state index contributed by atoms with van der Waals surface area (Å²) in [4.78, 5) is 0. The molecule has 15 atom stereocenters. The van der Waals surface area contributed by atoms with E-state index in [-0.39, 0.29) is 0 Å². The van der Waals surface area contributed by atoms with E-state index in [2.05, 4.69) is 0 Å². The number of rotatable bonds is 7. The first-order valence-electron chi connectivity index (χ1n) is 10.6. The molecule has 3 heterocycles. The highest BCUT2D eigenvalue weighted by Crippen LogP contribution is 2.32. The van der Waals surface area contributed by atoms with E-state index in [1.165, 1.54) is 0 Å². The fourth-order valence-corrected chi connectivity index (χ4v) is 4.06. The van der Waals surface area contributed by atoms with Crippen LogP contribution in [0.1, 0.15) is 0 Å². The molecule has 3 rings (SSSR count). The molecule has 0 saturated carbocycles. The first-order valence-corrected chi connectivity index (χ1v) is 10.6. The second-order valence-corrected chi connectivity index (χ2v) is 8.33. The molecule has 0 aromatic rings. The molecule has 0 aromatic heterocycles. The van der Waals surface area contributed by atoms with E-state index < -0.39 is 112 Å². The van der Waals surface area contributed by atoms with Crippen molar-refractivity contribution in [3.05, 3.63) is 0 Å². The predicted molar refractivity (Wildman–Crippen MR) is 101 cm³/mol. The van der Waals surface area contributed by atoms with E-state index in [9.17, 15) is 56.2 Å². The SMILES string of the molecule is OCC1O[C@H](O[C@H]2C(CO)O[C@@H](O[C@@H]3C(CO)O[C@@H](O)C(O)C3O)C(O)C2O)C(O)C(O)[C@H]1O. The molecule has 0 bridgehead atoms. The lowest BCUT2D eigenvalue weighted by Gasteiger charge is -2.47. The van der Waals surface area contributed by atoms with Gasteiger partial charge in [0, 0.05) is 0 Å². The fourth-order valence-electron chi connectivity index (χ4n) is 4.06. The summed E-state index contributed by atoms with van der Waals surface area (Å²) in [5.41, 5.74) is 0. The molecule has 9 unspecified atom stereocenters. The molecule has 0 aromatic carbocycles. The van der Waals surface area contributed by atoms with Crippen LogP contribution in [0.2, 0.25) is 0 Å². The van der Waals surface area contributed by atoms with Gasteiger partial charge in [0.2, 0.25) is 0 Å². The Morgan fingerprint density at radius 3 is 1.35 bits per heavy atom. The molecule has 3 saturated heterocycles. The minimum Gasteiger partial charge on any atom is -0.394 e. The maximum atomic E-state index is 10.6. The van der Waals surface area contributed by atoms with Crippen LogP contribution in [-0.2, 0) is 23.7 Å². The van der Waals surface area contributed by atoms with Crippen LogP contribution in [-0.4, -0.2) is 168 Å². The van der Waals surface area contributed by atoms with Crippen molar-refractivity contribution in [3.8, 4) is 0 Å². The van der Waals surface area contributed by atoms with Gasteiger partial charge in [-0.15, -0.1) is 0 Å². The molecule has 0 spiro atoms. The summed E-state index contributed by atoms with van der Waals surface area (Å²) in [5.74, 6) is 0. The number of hydrogen-bond donors (Lipinski definition) is 11. The number of hydrogen-bond acceptors (Lipinski definition) is 16. The number of ether oxygens (including phenoxy) is 5. The third kappa shape index (κ3) is 5.37. The van der Waals surface area contributed by atoms with E-state index >= 15 is 0 Å². The Morgan fingerprint density at radius 2 is 0.853 bits per heavy atom. The van der Waals surface area contributed by atoms with Crippen molar-refractivity contribution < 1.29 is 79.9 Å². The van der Waals surface area contributed by atoms with Gasteiger partial charge in [-0.2, -0.15) is 0 Å². The molecular formula is C18H32O16. The standard InChI is InChI=1S/C18H32O16/c19-1-4-7(22)8(23)12(27)17(31-4)34-15-6(3-21)32-18(13(28)10(15)25)33-14-5(2-20)30-16(29)11(26)9(14)24/h4-29H,1-3H2/t4?,5?,6?,7-,8?,9?,10?,11?,12?,13?,14+,15-,16+,17+,18-/m0/s1. The maximum Gasteiger partial charge on any atom is 0.187 e. The van der Waals surface area contributed by atoms with Gasteiger partial charge >= 0.3 is 0 Å². The van der Waals surface area contributed by atoms with Crippen LogP contribution in [0.5, 0.6) is 0 Å². The molecule has 200 valence electrons. The zero-order valence-corrected chi connectivity index (χ0v) is 17.7. The van der Waals surface area contributed by atoms with Gasteiger partial charge in [0.15, 0.2) is 18.9 Å². The molecule has 16 nitrogen and oxygen atoms in total. The minimum atomic E-state index is -1.91. The quantitative estimate of drug-likeness (QED) is 0.154. The van der Waals surface area contributed by atoms with Crippen LogP contribution < -0.4 is 0 Å². The van der Waals surface area contributed by atoms with E-state index in [0.717, 1.165) is 0 Å². The Bertz CT molecular complexity index is 635. The summed E-state index contributed by atoms with van der Waals surface area (Å²) in [6.07, 6.45) is -25.1. The molecule has 0 aliphatic carbocycles. The third-order valence-corrected chi connectivity index (χ3v) is 6.09. The van der Waals surface area contributed by atoms with Crippen LogP contribution in [0.15, 0.2) is 0 Å². The van der Waals surface area contributed by atoms with Crippen LogP contribution in [0, 0.1) is 0 Å². The average molecular weight is 504 g/mol. The van der Waals surface area contributed by atoms with Crippen LogP contribution in [0.4, 0.5) is 0 Å². The molecule has 0 amide bonds. The van der Waals surface area contributed by atoms with Gasteiger partial charge in [0.05, 0.1) is 19.8 Å². The molecule has 3 aliphatic heterocycles. The Kier molecular flexibility index (Phi) is 9.54. The van der Waals surface area contributed by atoms with Crippen LogP contribution in [0.3, 0.4) is 0 Å². The topological polar surface area (TPSA) is 269 Å². The third-order valence-electron chi connectivity index (χ3n) is 6.09. The lowest BCUT2D eigenvalue weighted by molar-refractivity contribution is -0.377. The van der Waals surface area contributed by atoms with Crippen LogP contribution >= 0.6 is 0 Å². The molecule has 3 fully saturated rings. The van der Waals surface area contributed by atoms with Crippen LogP contribution in [0.25, 0.3) is 0 Å². The van der Waals surface area contributed by atoms with Gasteiger partial charge < -0.3 is 79.9 Å². The zero-order valence-electron chi connectivity index (χ0n) is 17.7. The molecule has 0 radical (unpaired) electrons. The monoisotopic (exact) mass is 504 g/mol. The van der Waals surface area contributed by atoms with Crippen molar-refractivity contribution in [2.45, 2.75) is 92.1 Å². The van der Waals surface area contributed by atoms with E-state index in [1.807, 2.05) is 0 Å². The maximum absolute atomic E-state index is 10.6. The van der Waals surface area contributed by atoms with Gasteiger partial charge in [-0.1, -0.05) is 0 Å². The second-order valence-electron chi connectivity index (χ2n) is 8.33. The Labute approximate surface area is 192 Å². The lowest BCUT2D eigenvalue weighted by atomic mass is 9.96. The van der Waals surface area contributed by atoms with Gasteiger partial charge in [0.25, 0.3) is 0 Å². The van der Waals surface area contributed by atoms with Crippen molar-refractivity contribution in [1.29, 1.82) is 0 Å². The summed E-state index contributed by atoms with van der Waals surface area (Å²) < 4.78 is 26.4. The fraction of sp³-hybridized carbons (Fsp3) is 1.00. The largest absolute Gasteiger partial charge is 0.394 e. The summed E-state index contributed by atoms with van der Waals surface area (Å²) >= 11 is 0.